The largest absolute Gasteiger partial charge is 0.388 e. The van der Waals surface area contributed by atoms with E-state index in [0.29, 0.717) is 5.92 Å². The Morgan fingerprint density at radius 3 is 2.50 bits per heavy atom. The maximum Gasteiger partial charge on any atom is 0.0795 e. The summed E-state index contributed by atoms with van der Waals surface area (Å²) in [5, 5.41) is 9.88. The van der Waals surface area contributed by atoms with Gasteiger partial charge in [0.15, 0.2) is 0 Å². The van der Waals surface area contributed by atoms with Crippen LogP contribution in [0.2, 0.25) is 0 Å². The van der Waals surface area contributed by atoms with Gasteiger partial charge in [0.05, 0.1) is 6.10 Å². The van der Waals surface area contributed by atoms with Gasteiger partial charge in [-0.1, -0.05) is 49.4 Å². The van der Waals surface area contributed by atoms with Crippen molar-refractivity contribution in [2.24, 2.45) is 5.92 Å². The first-order valence-electron chi connectivity index (χ1n) is 5.10. The van der Waals surface area contributed by atoms with Crippen LogP contribution in [-0.4, -0.2) is 5.11 Å². The van der Waals surface area contributed by atoms with Crippen molar-refractivity contribution in [2.45, 2.75) is 26.4 Å². The Labute approximate surface area is 86.1 Å². The van der Waals surface area contributed by atoms with Crippen LogP contribution in [0.25, 0.3) is 0 Å². The van der Waals surface area contributed by atoms with Crippen molar-refractivity contribution in [2.75, 3.05) is 0 Å². The van der Waals surface area contributed by atoms with E-state index in [1.54, 1.807) is 0 Å². The number of benzene rings is 1. The monoisotopic (exact) mass is 190 g/mol. The van der Waals surface area contributed by atoms with E-state index >= 15 is 0 Å². The third-order valence-corrected chi connectivity index (χ3v) is 2.30. The van der Waals surface area contributed by atoms with Gasteiger partial charge in [-0.2, -0.15) is 0 Å². The quantitative estimate of drug-likeness (QED) is 0.722. The van der Waals surface area contributed by atoms with Crippen molar-refractivity contribution in [3.05, 3.63) is 48.0 Å². The van der Waals surface area contributed by atoms with Crippen LogP contribution in [0.15, 0.2) is 42.5 Å². The van der Waals surface area contributed by atoms with Crippen LogP contribution in [0, 0.1) is 5.92 Å². The summed E-state index contributed by atoms with van der Waals surface area (Å²) in [5.74, 6) is 0.426. The predicted octanol–water partition coefficient (Wildman–Crippen LogP) is 3.32. The van der Waals surface area contributed by atoms with Crippen LogP contribution < -0.4 is 0 Å². The van der Waals surface area contributed by atoms with Gasteiger partial charge in [0.2, 0.25) is 0 Å². The van der Waals surface area contributed by atoms with E-state index in [4.69, 9.17) is 0 Å². The van der Waals surface area contributed by atoms with Gasteiger partial charge in [0.25, 0.3) is 0 Å². The molecule has 0 aromatic heterocycles. The predicted molar refractivity (Wildman–Crippen MR) is 60.0 cm³/mol. The molecule has 1 heteroatoms. The molecule has 0 fully saturated rings. The second-order valence-electron chi connectivity index (χ2n) is 3.67. The molecule has 0 spiro atoms. The molecule has 1 aromatic rings. The highest BCUT2D eigenvalue weighted by Gasteiger charge is 2.09. The first kappa shape index (κ1) is 11.0. The number of aliphatic hydroxyl groups is 1. The average Bonchev–Trinajstić information content (AvgIpc) is 2.19. The second-order valence-corrected chi connectivity index (χ2v) is 3.67. The molecule has 0 unspecified atom stereocenters. The Morgan fingerprint density at radius 1 is 1.29 bits per heavy atom. The van der Waals surface area contributed by atoms with Crippen LogP contribution in [-0.2, 0) is 0 Å². The lowest BCUT2D eigenvalue weighted by molar-refractivity contribution is 0.155. The summed E-state index contributed by atoms with van der Waals surface area (Å²) < 4.78 is 0. The molecule has 76 valence electrons. The molecule has 0 saturated heterocycles. The zero-order valence-corrected chi connectivity index (χ0v) is 8.85. The maximum absolute atomic E-state index is 9.88. The molecular weight excluding hydrogens is 172 g/mol. The van der Waals surface area contributed by atoms with Crippen molar-refractivity contribution in [1.29, 1.82) is 0 Å². The second kappa shape index (κ2) is 5.61. The fourth-order valence-electron chi connectivity index (χ4n) is 1.57. The average molecular weight is 190 g/mol. The van der Waals surface area contributed by atoms with Gasteiger partial charge in [-0.05, 0) is 24.8 Å². The van der Waals surface area contributed by atoms with Crippen molar-refractivity contribution >= 4 is 0 Å². The van der Waals surface area contributed by atoms with E-state index < -0.39 is 0 Å². The molecule has 0 bridgehead atoms. The highest BCUT2D eigenvalue weighted by Crippen LogP contribution is 2.21. The molecule has 14 heavy (non-hydrogen) atoms. The summed E-state index contributed by atoms with van der Waals surface area (Å²) in [5.41, 5.74) is 1.00. The van der Waals surface area contributed by atoms with Crippen LogP contribution in [0.5, 0.6) is 0 Å². The lowest BCUT2D eigenvalue weighted by atomic mass is 9.98. The van der Waals surface area contributed by atoms with Crippen LogP contribution >= 0.6 is 0 Å². The fourth-order valence-corrected chi connectivity index (χ4v) is 1.57. The van der Waals surface area contributed by atoms with Gasteiger partial charge >= 0.3 is 0 Å². The smallest absolute Gasteiger partial charge is 0.0795 e. The van der Waals surface area contributed by atoms with Gasteiger partial charge in [-0.25, -0.2) is 0 Å². The first-order valence-corrected chi connectivity index (χ1v) is 5.10. The van der Waals surface area contributed by atoms with Crippen LogP contribution in [0.1, 0.15) is 31.9 Å². The Bertz CT molecular complexity index is 277. The Kier molecular flexibility index (Phi) is 4.41. The first-order chi connectivity index (χ1) is 6.74. The molecule has 0 amide bonds. The molecule has 1 aromatic carbocycles. The Morgan fingerprint density at radius 2 is 1.93 bits per heavy atom. The lowest BCUT2D eigenvalue weighted by Gasteiger charge is -2.13. The molecule has 1 nitrogen and oxygen atoms in total. The number of hydrogen-bond donors (Lipinski definition) is 1. The lowest BCUT2D eigenvalue weighted by Crippen LogP contribution is -2.02. The number of allylic oxidation sites excluding steroid dienone is 2. The fraction of sp³-hybridized carbons (Fsp3) is 0.385. The summed E-state index contributed by atoms with van der Waals surface area (Å²) in [6.45, 7) is 4.12. The highest BCUT2D eigenvalue weighted by molar-refractivity contribution is 5.17. The minimum Gasteiger partial charge on any atom is -0.388 e. The van der Waals surface area contributed by atoms with E-state index in [2.05, 4.69) is 13.0 Å². The van der Waals surface area contributed by atoms with Crippen LogP contribution in [0.3, 0.4) is 0 Å². The van der Waals surface area contributed by atoms with E-state index in [1.165, 1.54) is 0 Å². The maximum atomic E-state index is 9.88. The third-order valence-electron chi connectivity index (χ3n) is 2.30. The minimum atomic E-state index is -0.345. The Balaban J connectivity index is 2.54. The zero-order valence-electron chi connectivity index (χ0n) is 8.85. The van der Waals surface area contributed by atoms with E-state index in [-0.39, 0.29) is 6.10 Å². The summed E-state index contributed by atoms with van der Waals surface area (Å²) in [6.07, 6.45) is 4.59. The van der Waals surface area contributed by atoms with Gasteiger partial charge in [-0.15, -0.1) is 0 Å². The number of aliphatic hydroxyl groups excluding tert-OH is 1. The van der Waals surface area contributed by atoms with Crippen molar-refractivity contribution < 1.29 is 5.11 Å². The van der Waals surface area contributed by atoms with Crippen LogP contribution in [0.4, 0.5) is 0 Å². The molecule has 0 aliphatic heterocycles. The molecule has 0 heterocycles. The summed E-state index contributed by atoms with van der Waals surface area (Å²) in [4.78, 5) is 0. The number of rotatable bonds is 4. The highest BCUT2D eigenvalue weighted by atomic mass is 16.3. The standard InChI is InChI=1S/C13H18O/c1-3-7-11(2)10-13(14)12-8-5-4-6-9-12/h3-9,11,13-14H,10H2,1-2H3/b7-3-/t11-,13-/m0/s1. The molecule has 0 aliphatic carbocycles. The molecule has 1 N–H and O–H groups in total. The third kappa shape index (κ3) is 3.35. The molecular formula is C13H18O. The van der Waals surface area contributed by atoms with E-state index in [0.717, 1.165) is 12.0 Å². The molecule has 0 aliphatic rings. The molecule has 0 saturated carbocycles. The van der Waals surface area contributed by atoms with Crippen molar-refractivity contribution in [3.8, 4) is 0 Å². The van der Waals surface area contributed by atoms with Crippen molar-refractivity contribution in [1.82, 2.24) is 0 Å². The topological polar surface area (TPSA) is 20.2 Å². The van der Waals surface area contributed by atoms with Gasteiger partial charge in [0, 0.05) is 0 Å². The van der Waals surface area contributed by atoms with Gasteiger partial charge in [0.1, 0.15) is 0 Å². The Hall–Kier alpha value is -1.08. The zero-order chi connectivity index (χ0) is 10.4. The van der Waals surface area contributed by atoms with E-state index in [9.17, 15) is 5.11 Å². The molecule has 2 atom stereocenters. The molecule has 0 radical (unpaired) electrons. The van der Waals surface area contributed by atoms with Gasteiger partial charge in [-0.3, -0.25) is 0 Å². The van der Waals surface area contributed by atoms with Crippen molar-refractivity contribution in [3.63, 3.8) is 0 Å². The SMILES string of the molecule is C/C=C\[C@H](C)C[C@H](O)c1ccccc1. The normalized spacial score (nSPS) is 15.6. The minimum absolute atomic E-state index is 0.345. The summed E-state index contributed by atoms with van der Waals surface area (Å²) in [7, 11) is 0. The molecule has 1 rings (SSSR count). The summed E-state index contributed by atoms with van der Waals surface area (Å²) >= 11 is 0. The number of hydrogen-bond acceptors (Lipinski definition) is 1. The summed E-state index contributed by atoms with van der Waals surface area (Å²) in [6, 6.07) is 9.81. The van der Waals surface area contributed by atoms with E-state index in [1.807, 2.05) is 43.3 Å². The van der Waals surface area contributed by atoms with Gasteiger partial charge < -0.3 is 5.11 Å².